The highest BCUT2D eigenvalue weighted by atomic mass is 32.1. The molecule has 138 valence electrons. The Balaban J connectivity index is 1.45. The Hall–Kier alpha value is -1.47. The van der Waals surface area contributed by atoms with Gasteiger partial charge in [0, 0.05) is 23.8 Å². The van der Waals surface area contributed by atoms with Gasteiger partial charge in [-0.25, -0.2) is 4.98 Å². The molecule has 0 unspecified atom stereocenters. The summed E-state index contributed by atoms with van der Waals surface area (Å²) in [5, 5.41) is 18.2. The van der Waals surface area contributed by atoms with Gasteiger partial charge in [-0.3, -0.25) is 9.59 Å². The van der Waals surface area contributed by atoms with Gasteiger partial charge in [0.05, 0.1) is 5.01 Å². The number of carboxylic acid groups (broad SMARTS) is 1. The molecule has 1 saturated carbocycles. The van der Waals surface area contributed by atoms with Crippen molar-refractivity contribution in [3.05, 3.63) is 16.1 Å². The van der Waals surface area contributed by atoms with Crippen molar-refractivity contribution < 1.29 is 14.7 Å². The van der Waals surface area contributed by atoms with Gasteiger partial charge in [0.1, 0.15) is 5.69 Å². The molecule has 3 rings (SSSR count). The first-order valence-electron chi connectivity index (χ1n) is 9.30. The maximum atomic E-state index is 12.4. The summed E-state index contributed by atoms with van der Waals surface area (Å²) in [6.07, 6.45) is 7.04. The zero-order chi connectivity index (χ0) is 17.6. The highest BCUT2D eigenvalue weighted by Crippen LogP contribution is 2.29. The standard InChI is InChI=1S/C18H27N3O3S/c22-16(23)6-3-12-1-4-14(5-2-12)20-17(24)15-11-25-18(21-15)13-7-9-19-10-8-13/h11-14,19H,1-10H2,(H,20,24)(H,22,23)/t12-,14-. The van der Waals surface area contributed by atoms with Crippen molar-refractivity contribution in [3.8, 4) is 0 Å². The number of rotatable bonds is 6. The fourth-order valence-corrected chi connectivity index (χ4v) is 4.80. The van der Waals surface area contributed by atoms with E-state index < -0.39 is 5.97 Å². The largest absolute Gasteiger partial charge is 0.481 e. The van der Waals surface area contributed by atoms with Crippen molar-refractivity contribution in [2.45, 2.75) is 63.3 Å². The monoisotopic (exact) mass is 365 g/mol. The number of nitrogens with zero attached hydrogens (tertiary/aromatic N) is 1. The Labute approximate surface area is 152 Å². The van der Waals surface area contributed by atoms with Gasteiger partial charge in [-0.15, -0.1) is 11.3 Å². The van der Waals surface area contributed by atoms with Crippen LogP contribution in [0.3, 0.4) is 0 Å². The lowest BCUT2D eigenvalue weighted by atomic mass is 9.83. The van der Waals surface area contributed by atoms with Crippen LogP contribution in [0.15, 0.2) is 5.38 Å². The van der Waals surface area contributed by atoms with Gasteiger partial charge in [0.25, 0.3) is 5.91 Å². The maximum absolute atomic E-state index is 12.4. The van der Waals surface area contributed by atoms with Crippen molar-refractivity contribution in [2.75, 3.05) is 13.1 Å². The number of hydrogen-bond acceptors (Lipinski definition) is 5. The van der Waals surface area contributed by atoms with E-state index in [2.05, 4.69) is 15.6 Å². The summed E-state index contributed by atoms with van der Waals surface area (Å²) in [4.78, 5) is 27.7. The molecule has 3 N–H and O–H groups in total. The summed E-state index contributed by atoms with van der Waals surface area (Å²) in [5.74, 6) is 0.182. The summed E-state index contributed by atoms with van der Waals surface area (Å²) in [6, 6.07) is 0.192. The van der Waals surface area contributed by atoms with Crippen LogP contribution in [-0.2, 0) is 4.79 Å². The number of carboxylic acids is 1. The molecule has 0 atom stereocenters. The summed E-state index contributed by atoms with van der Waals surface area (Å²) < 4.78 is 0. The molecule has 0 bridgehead atoms. The van der Waals surface area contributed by atoms with Crippen molar-refractivity contribution in [1.29, 1.82) is 0 Å². The van der Waals surface area contributed by atoms with E-state index in [9.17, 15) is 9.59 Å². The maximum Gasteiger partial charge on any atom is 0.303 e. The van der Waals surface area contributed by atoms with Crippen molar-refractivity contribution in [3.63, 3.8) is 0 Å². The van der Waals surface area contributed by atoms with E-state index >= 15 is 0 Å². The number of aliphatic carboxylic acids is 1. The Morgan fingerprint density at radius 1 is 1.20 bits per heavy atom. The number of nitrogens with one attached hydrogen (secondary N) is 2. The Morgan fingerprint density at radius 3 is 2.60 bits per heavy atom. The van der Waals surface area contributed by atoms with E-state index in [4.69, 9.17) is 5.11 Å². The van der Waals surface area contributed by atoms with Crippen molar-refractivity contribution >= 4 is 23.2 Å². The van der Waals surface area contributed by atoms with Gasteiger partial charge in [0.15, 0.2) is 0 Å². The molecule has 6 nitrogen and oxygen atoms in total. The number of carbonyl (C=O) groups is 2. The van der Waals surface area contributed by atoms with Crippen LogP contribution in [0.5, 0.6) is 0 Å². The quantitative estimate of drug-likeness (QED) is 0.721. The molecule has 0 aromatic carbocycles. The molecule has 7 heteroatoms. The van der Waals surface area contributed by atoms with E-state index in [1.165, 1.54) is 0 Å². The summed E-state index contributed by atoms with van der Waals surface area (Å²) in [6.45, 7) is 2.05. The zero-order valence-electron chi connectivity index (χ0n) is 14.5. The highest BCUT2D eigenvalue weighted by molar-refractivity contribution is 7.09. The summed E-state index contributed by atoms with van der Waals surface area (Å²) >= 11 is 1.60. The van der Waals surface area contributed by atoms with E-state index in [-0.39, 0.29) is 18.4 Å². The predicted octanol–water partition coefficient (Wildman–Crippen LogP) is 2.76. The molecule has 1 amide bonds. The third-order valence-corrected chi connectivity index (χ3v) is 6.40. The van der Waals surface area contributed by atoms with Gasteiger partial charge >= 0.3 is 5.97 Å². The lowest BCUT2D eigenvalue weighted by Crippen LogP contribution is -2.37. The van der Waals surface area contributed by atoms with E-state index in [1.807, 2.05) is 5.38 Å². The van der Waals surface area contributed by atoms with Gasteiger partial charge in [-0.05, 0) is 64.0 Å². The van der Waals surface area contributed by atoms with E-state index in [0.717, 1.165) is 63.0 Å². The van der Waals surface area contributed by atoms with E-state index in [1.54, 1.807) is 11.3 Å². The van der Waals surface area contributed by atoms with Crippen molar-refractivity contribution in [2.24, 2.45) is 5.92 Å². The third-order valence-electron chi connectivity index (χ3n) is 5.39. The SMILES string of the molecule is O=C(O)CC[C@H]1CC[C@H](NC(=O)c2csc(C3CCNCC3)n2)CC1. The second-order valence-corrected chi connectivity index (χ2v) is 8.11. The van der Waals surface area contributed by atoms with Crippen LogP contribution in [0.2, 0.25) is 0 Å². The third kappa shape index (κ3) is 5.25. The molecule has 1 aliphatic heterocycles. The Kier molecular flexibility index (Phi) is 6.42. The molecule has 25 heavy (non-hydrogen) atoms. The average molecular weight is 365 g/mol. The molecule has 1 aromatic rings. The molecule has 0 spiro atoms. The zero-order valence-corrected chi connectivity index (χ0v) is 15.3. The number of amides is 1. The summed E-state index contributed by atoms with van der Waals surface area (Å²) in [5.41, 5.74) is 0.548. The van der Waals surface area contributed by atoms with Crippen LogP contribution in [-0.4, -0.2) is 41.1 Å². The summed E-state index contributed by atoms with van der Waals surface area (Å²) in [7, 11) is 0. The molecule has 1 saturated heterocycles. The molecule has 0 radical (unpaired) electrons. The molecular weight excluding hydrogens is 338 g/mol. The highest BCUT2D eigenvalue weighted by Gasteiger charge is 2.25. The molecular formula is C18H27N3O3S. The minimum atomic E-state index is -0.719. The Bertz CT molecular complexity index is 590. The molecule has 2 fully saturated rings. The molecule has 1 aliphatic carbocycles. The van der Waals surface area contributed by atoms with Gasteiger partial charge in [-0.1, -0.05) is 0 Å². The Morgan fingerprint density at radius 2 is 1.92 bits per heavy atom. The fraction of sp³-hybridized carbons (Fsp3) is 0.722. The number of carbonyl (C=O) groups excluding carboxylic acids is 1. The first-order valence-corrected chi connectivity index (χ1v) is 10.2. The van der Waals surface area contributed by atoms with E-state index in [0.29, 0.717) is 17.5 Å². The van der Waals surface area contributed by atoms with Crippen LogP contribution in [0.4, 0.5) is 0 Å². The average Bonchev–Trinajstić information content (AvgIpc) is 3.12. The number of piperidine rings is 1. The number of thiazole rings is 1. The van der Waals surface area contributed by atoms with Crippen LogP contribution >= 0.6 is 11.3 Å². The topological polar surface area (TPSA) is 91.3 Å². The van der Waals surface area contributed by atoms with Gasteiger partial charge in [0.2, 0.25) is 0 Å². The second-order valence-electron chi connectivity index (χ2n) is 7.22. The van der Waals surface area contributed by atoms with Gasteiger partial charge in [-0.2, -0.15) is 0 Å². The lowest BCUT2D eigenvalue weighted by Gasteiger charge is -2.28. The molecule has 2 heterocycles. The van der Waals surface area contributed by atoms with Crippen LogP contribution in [0, 0.1) is 5.92 Å². The van der Waals surface area contributed by atoms with Crippen LogP contribution in [0.1, 0.15) is 72.8 Å². The minimum absolute atomic E-state index is 0.0644. The van der Waals surface area contributed by atoms with Crippen LogP contribution < -0.4 is 10.6 Å². The lowest BCUT2D eigenvalue weighted by molar-refractivity contribution is -0.137. The minimum Gasteiger partial charge on any atom is -0.481 e. The first kappa shape index (κ1) is 18.3. The number of hydrogen-bond donors (Lipinski definition) is 3. The normalized spacial score (nSPS) is 24.8. The van der Waals surface area contributed by atoms with Crippen molar-refractivity contribution in [1.82, 2.24) is 15.6 Å². The molecule has 2 aliphatic rings. The predicted molar refractivity (Wildman–Crippen MR) is 97.0 cm³/mol. The second kappa shape index (κ2) is 8.76. The smallest absolute Gasteiger partial charge is 0.303 e. The van der Waals surface area contributed by atoms with Gasteiger partial charge < -0.3 is 15.7 Å². The molecule has 1 aromatic heterocycles. The number of aromatic nitrogens is 1. The fourth-order valence-electron chi connectivity index (χ4n) is 3.83. The van der Waals surface area contributed by atoms with Crippen LogP contribution in [0.25, 0.3) is 0 Å². The first-order chi connectivity index (χ1) is 12.1.